The van der Waals surface area contributed by atoms with E-state index in [9.17, 15) is 4.79 Å². The predicted octanol–water partition coefficient (Wildman–Crippen LogP) is 7.83. The first kappa shape index (κ1) is 32.8. The molecule has 242 valence electrons. The number of ether oxygens (including phenoxy) is 4. The van der Waals surface area contributed by atoms with Gasteiger partial charge in [0.2, 0.25) is 0 Å². The van der Waals surface area contributed by atoms with Crippen molar-refractivity contribution in [3.05, 3.63) is 95.1 Å². The minimum absolute atomic E-state index is 0.127. The van der Waals surface area contributed by atoms with Crippen LogP contribution in [0.4, 0.5) is 10.5 Å². The van der Waals surface area contributed by atoms with Crippen LogP contribution in [-0.2, 0) is 32.1 Å². The molecule has 0 radical (unpaired) electrons. The van der Waals surface area contributed by atoms with Crippen LogP contribution in [0.5, 0.6) is 5.75 Å². The van der Waals surface area contributed by atoms with Gasteiger partial charge in [0, 0.05) is 31.1 Å². The fraction of sp³-hybridized carbons (Fsp3) is 0.486. The zero-order valence-electron chi connectivity index (χ0n) is 27.1. The van der Waals surface area contributed by atoms with E-state index in [0.717, 1.165) is 43.5 Å². The molecular weight excluding hydrogens is 568 g/mol. The van der Waals surface area contributed by atoms with Crippen LogP contribution < -0.4 is 10.1 Å². The number of fused-ring (bicyclic) bond motifs is 1. The Hall–Kier alpha value is -3.59. The number of nitrogens with zero attached hydrogens (tertiary/aromatic N) is 1. The van der Waals surface area contributed by atoms with Gasteiger partial charge in [0.25, 0.3) is 0 Å². The van der Waals surface area contributed by atoms with Crippen molar-refractivity contribution < 1.29 is 28.6 Å². The van der Waals surface area contributed by atoms with E-state index in [1.807, 2.05) is 51.1 Å². The summed E-state index contributed by atoms with van der Waals surface area (Å²) in [5, 5.41) is 5.20. The lowest BCUT2D eigenvalue weighted by atomic mass is 9.87. The fourth-order valence-electron chi connectivity index (χ4n) is 5.86. The Morgan fingerprint density at radius 3 is 2.60 bits per heavy atom. The molecule has 3 atom stereocenters. The predicted molar refractivity (Wildman–Crippen MR) is 175 cm³/mol. The van der Waals surface area contributed by atoms with E-state index in [2.05, 4.69) is 54.7 Å². The molecule has 45 heavy (non-hydrogen) atoms. The Labute approximate surface area is 267 Å². The van der Waals surface area contributed by atoms with Crippen molar-refractivity contribution in [2.45, 2.75) is 83.7 Å². The molecule has 8 nitrogen and oxygen atoms in total. The Balaban J connectivity index is 1.19. The summed E-state index contributed by atoms with van der Waals surface area (Å²) in [6, 6.07) is 25.1. The quantitative estimate of drug-likeness (QED) is 0.163. The molecule has 8 heteroatoms. The zero-order valence-corrected chi connectivity index (χ0v) is 27.1. The minimum atomic E-state index is -0.694. The van der Waals surface area contributed by atoms with E-state index in [1.54, 1.807) is 5.06 Å². The first-order chi connectivity index (χ1) is 21.7. The molecule has 0 aromatic heterocycles. The van der Waals surface area contributed by atoms with Gasteiger partial charge in [-0.05, 0) is 87.4 Å². The molecule has 1 saturated heterocycles. The van der Waals surface area contributed by atoms with Crippen molar-refractivity contribution in [1.29, 1.82) is 0 Å². The summed E-state index contributed by atoms with van der Waals surface area (Å²) < 4.78 is 23.9. The maximum Gasteiger partial charge on any atom is 0.528 e. The first-order valence-corrected chi connectivity index (χ1v) is 16.3. The number of benzene rings is 3. The monoisotopic (exact) mass is 616 g/mol. The third-order valence-electron chi connectivity index (χ3n) is 8.16. The SMILES string of the molecule is CC(OC1CN(OC(=O)OC(C)(C)C)CCC1c1ccc(OCCCOCc2ccccc2)cc1)c1ccc2c(c1)NCCC2. The number of aryl methyl sites for hydroxylation is 1. The van der Waals surface area contributed by atoms with Gasteiger partial charge in [-0.2, -0.15) is 0 Å². The lowest BCUT2D eigenvalue weighted by Crippen LogP contribution is -2.45. The number of carbonyl (C=O) groups is 1. The molecule has 2 aliphatic heterocycles. The molecule has 0 spiro atoms. The van der Waals surface area contributed by atoms with Crippen molar-refractivity contribution >= 4 is 11.8 Å². The van der Waals surface area contributed by atoms with Crippen LogP contribution >= 0.6 is 0 Å². The molecular formula is C37H48N2O6. The second-order valence-electron chi connectivity index (χ2n) is 12.9. The van der Waals surface area contributed by atoms with Crippen molar-refractivity contribution in [1.82, 2.24) is 5.06 Å². The fourth-order valence-corrected chi connectivity index (χ4v) is 5.86. The Morgan fingerprint density at radius 1 is 1.02 bits per heavy atom. The third-order valence-corrected chi connectivity index (χ3v) is 8.16. The maximum atomic E-state index is 12.5. The molecule has 3 aromatic rings. The smallest absolute Gasteiger partial charge is 0.494 e. The van der Waals surface area contributed by atoms with E-state index in [-0.39, 0.29) is 18.1 Å². The number of hydrogen-bond donors (Lipinski definition) is 1. The van der Waals surface area contributed by atoms with Crippen molar-refractivity contribution in [2.75, 3.05) is 38.2 Å². The Bertz CT molecular complexity index is 1360. The van der Waals surface area contributed by atoms with Crippen LogP contribution in [-0.4, -0.2) is 55.8 Å². The van der Waals surface area contributed by atoms with E-state index < -0.39 is 11.8 Å². The van der Waals surface area contributed by atoms with Gasteiger partial charge in [-0.15, -0.1) is 5.06 Å². The standard InChI is InChI=1S/C37H48N2O6/c1-27(31-14-13-30-12-8-20-38-34(30)24-31)43-35-25-39(45-36(40)44-37(2,3)4)21-19-33(35)29-15-17-32(18-16-29)42-23-9-22-41-26-28-10-6-5-7-11-28/h5-7,10-11,13-18,24,27,33,35,38H,8-9,12,19-23,25-26H2,1-4H3. The summed E-state index contributed by atoms with van der Waals surface area (Å²) in [5.74, 6) is 0.960. The molecule has 0 saturated carbocycles. The van der Waals surface area contributed by atoms with Gasteiger partial charge in [0.1, 0.15) is 11.4 Å². The van der Waals surface area contributed by atoms with E-state index in [0.29, 0.717) is 32.9 Å². The lowest BCUT2D eigenvalue weighted by molar-refractivity contribution is -0.184. The second-order valence-corrected chi connectivity index (χ2v) is 12.9. The van der Waals surface area contributed by atoms with Crippen LogP contribution in [0.3, 0.4) is 0 Å². The van der Waals surface area contributed by atoms with E-state index in [1.165, 1.54) is 22.4 Å². The average molecular weight is 617 g/mol. The normalized spacial score (nSPS) is 19.2. The summed E-state index contributed by atoms with van der Waals surface area (Å²) in [6.45, 7) is 11.5. The highest BCUT2D eigenvalue weighted by molar-refractivity contribution is 5.60. The van der Waals surface area contributed by atoms with Crippen molar-refractivity contribution in [3.63, 3.8) is 0 Å². The first-order valence-electron chi connectivity index (χ1n) is 16.3. The minimum Gasteiger partial charge on any atom is -0.494 e. The molecule has 1 N–H and O–H groups in total. The lowest BCUT2D eigenvalue weighted by Gasteiger charge is -2.38. The van der Waals surface area contributed by atoms with Crippen molar-refractivity contribution in [2.24, 2.45) is 0 Å². The Morgan fingerprint density at radius 2 is 1.82 bits per heavy atom. The number of hydrogen-bond acceptors (Lipinski definition) is 8. The van der Waals surface area contributed by atoms with Gasteiger partial charge in [-0.3, -0.25) is 0 Å². The number of hydroxylamine groups is 2. The highest BCUT2D eigenvalue weighted by Gasteiger charge is 2.35. The topological polar surface area (TPSA) is 78.5 Å². The van der Waals surface area contributed by atoms with Crippen LogP contribution in [0.1, 0.15) is 81.2 Å². The van der Waals surface area contributed by atoms with Crippen LogP contribution in [0, 0.1) is 0 Å². The molecule has 5 rings (SSSR count). The molecule has 0 bridgehead atoms. The zero-order chi connectivity index (χ0) is 31.6. The molecule has 2 heterocycles. The summed E-state index contributed by atoms with van der Waals surface area (Å²) in [4.78, 5) is 18.1. The number of carbonyl (C=O) groups excluding carboxylic acids is 1. The van der Waals surface area contributed by atoms with E-state index >= 15 is 0 Å². The van der Waals surface area contributed by atoms with Gasteiger partial charge in [0.15, 0.2) is 0 Å². The van der Waals surface area contributed by atoms with Gasteiger partial charge < -0.3 is 29.1 Å². The van der Waals surface area contributed by atoms with Gasteiger partial charge in [-0.1, -0.05) is 54.6 Å². The summed E-state index contributed by atoms with van der Waals surface area (Å²) in [6.07, 6.45) is 2.81. The number of anilines is 1. The largest absolute Gasteiger partial charge is 0.528 e. The molecule has 0 amide bonds. The van der Waals surface area contributed by atoms with Crippen LogP contribution in [0.2, 0.25) is 0 Å². The highest BCUT2D eigenvalue weighted by atomic mass is 16.8. The molecule has 3 unspecified atom stereocenters. The third kappa shape index (κ3) is 9.95. The number of rotatable bonds is 12. The summed E-state index contributed by atoms with van der Waals surface area (Å²) in [7, 11) is 0. The highest BCUT2D eigenvalue weighted by Crippen LogP contribution is 2.36. The molecule has 2 aliphatic rings. The summed E-state index contributed by atoms with van der Waals surface area (Å²) in [5.41, 5.74) is 5.40. The van der Waals surface area contributed by atoms with Crippen LogP contribution in [0.15, 0.2) is 72.8 Å². The number of nitrogens with one attached hydrogen (secondary N) is 1. The van der Waals surface area contributed by atoms with Crippen LogP contribution in [0.25, 0.3) is 0 Å². The average Bonchev–Trinajstić information content (AvgIpc) is 3.02. The summed E-state index contributed by atoms with van der Waals surface area (Å²) >= 11 is 0. The van der Waals surface area contributed by atoms with E-state index in [4.69, 9.17) is 23.8 Å². The maximum absolute atomic E-state index is 12.5. The van der Waals surface area contributed by atoms with Gasteiger partial charge in [0.05, 0.1) is 38.6 Å². The number of piperidine rings is 1. The second kappa shape index (κ2) is 15.6. The van der Waals surface area contributed by atoms with Crippen molar-refractivity contribution in [3.8, 4) is 5.75 Å². The Kier molecular flexibility index (Phi) is 11.4. The van der Waals surface area contributed by atoms with Gasteiger partial charge >= 0.3 is 6.16 Å². The molecule has 3 aromatic carbocycles. The molecule has 0 aliphatic carbocycles. The molecule has 1 fully saturated rings. The van der Waals surface area contributed by atoms with Gasteiger partial charge in [-0.25, -0.2) is 4.79 Å².